The Kier molecular flexibility index (Phi) is 7.69. The van der Waals surface area contributed by atoms with Gasteiger partial charge in [-0.25, -0.2) is 4.79 Å². The molecule has 10 heteroatoms. The summed E-state index contributed by atoms with van der Waals surface area (Å²) in [5, 5.41) is 13.5. The third-order valence-corrected chi connectivity index (χ3v) is 5.05. The number of amides is 1. The van der Waals surface area contributed by atoms with Crippen molar-refractivity contribution in [3.63, 3.8) is 0 Å². The second kappa shape index (κ2) is 10.3. The quantitative estimate of drug-likeness (QED) is 0.486. The normalized spacial score (nSPS) is 22.0. The lowest BCUT2D eigenvalue weighted by Gasteiger charge is -2.45. The molecule has 1 amide bonds. The van der Waals surface area contributed by atoms with Crippen molar-refractivity contribution < 1.29 is 23.9 Å². The number of alkyl carbamates (subject to hydrolysis) is 1. The number of nitrogens with zero attached hydrogens (tertiary/aromatic N) is 3. The molecule has 2 fully saturated rings. The lowest BCUT2D eigenvalue weighted by atomic mass is 10.1. The van der Waals surface area contributed by atoms with Crippen molar-refractivity contribution in [3.8, 4) is 5.75 Å². The molecule has 2 bridgehead atoms. The summed E-state index contributed by atoms with van der Waals surface area (Å²) >= 11 is 0. The van der Waals surface area contributed by atoms with E-state index in [9.17, 15) is 14.9 Å². The van der Waals surface area contributed by atoms with Crippen molar-refractivity contribution in [3.05, 3.63) is 34.4 Å². The molecular formula is C21H32N4O6. The summed E-state index contributed by atoms with van der Waals surface area (Å²) in [5.74, 6) is 0.628. The second-order valence-electron chi connectivity index (χ2n) is 8.93. The number of morpholine rings is 2. The molecule has 3 rings (SSSR count). The molecule has 2 saturated heterocycles. The molecule has 172 valence electrons. The number of nitro groups is 1. The standard InChI is InChI=1S/C21H32N4O6/c1-21(2,3)31-20(26)22-8-9-23-12-18-14-24(15-19(13-23)30-18)10-11-29-17-6-4-16(5-7-17)25(27)28/h4-7,18-19H,8-15H2,1-3H3,(H,22,26). The number of carbonyl (C=O) groups is 1. The first kappa shape index (κ1) is 23.2. The van der Waals surface area contributed by atoms with E-state index in [4.69, 9.17) is 14.2 Å². The molecular weight excluding hydrogens is 404 g/mol. The van der Waals surface area contributed by atoms with Crippen LogP contribution in [0.5, 0.6) is 5.75 Å². The Morgan fingerprint density at radius 2 is 1.71 bits per heavy atom. The zero-order valence-corrected chi connectivity index (χ0v) is 18.4. The van der Waals surface area contributed by atoms with Gasteiger partial charge in [0.15, 0.2) is 0 Å². The van der Waals surface area contributed by atoms with E-state index in [-0.39, 0.29) is 24.0 Å². The van der Waals surface area contributed by atoms with Crippen LogP contribution in [0.15, 0.2) is 24.3 Å². The third kappa shape index (κ3) is 7.64. The highest BCUT2D eigenvalue weighted by Gasteiger charge is 2.34. The zero-order valence-electron chi connectivity index (χ0n) is 18.4. The Balaban J connectivity index is 1.34. The summed E-state index contributed by atoms with van der Waals surface area (Å²) in [6.07, 6.45) is -0.123. The maximum Gasteiger partial charge on any atom is 0.407 e. The number of benzene rings is 1. The molecule has 1 aromatic rings. The first-order valence-corrected chi connectivity index (χ1v) is 10.6. The van der Waals surface area contributed by atoms with Crippen molar-refractivity contribution in [2.24, 2.45) is 0 Å². The first-order chi connectivity index (χ1) is 14.7. The Morgan fingerprint density at radius 1 is 1.13 bits per heavy atom. The number of hydrogen-bond donors (Lipinski definition) is 1. The Morgan fingerprint density at radius 3 is 2.26 bits per heavy atom. The van der Waals surface area contributed by atoms with E-state index in [1.807, 2.05) is 20.8 Å². The van der Waals surface area contributed by atoms with Crippen molar-refractivity contribution in [1.29, 1.82) is 0 Å². The SMILES string of the molecule is CC(C)(C)OC(=O)NCCN1CC2CN(CCOc3ccc([N+](=O)[O-])cc3)CC(C1)O2. The minimum Gasteiger partial charge on any atom is -0.492 e. The molecule has 2 unspecified atom stereocenters. The van der Waals surface area contributed by atoms with Crippen molar-refractivity contribution >= 4 is 11.8 Å². The maximum atomic E-state index is 11.8. The van der Waals surface area contributed by atoms with Crippen molar-refractivity contribution in [2.45, 2.75) is 38.6 Å². The van der Waals surface area contributed by atoms with Crippen LogP contribution >= 0.6 is 0 Å². The monoisotopic (exact) mass is 436 g/mol. The Bertz CT molecular complexity index is 737. The number of nitro benzene ring substituents is 1. The minimum absolute atomic E-state index is 0.0548. The summed E-state index contributed by atoms with van der Waals surface area (Å²) in [7, 11) is 0. The van der Waals surface area contributed by atoms with Gasteiger partial charge in [-0.05, 0) is 32.9 Å². The number of nitrogens with one attached hydrogen (secondary N) is 1. The molecule has 31 heavy (non-hydrogen) atoms. The molecule has 1 aromatic carbocycles. The van der Waals surface area contributed by atoms with Gasteiger partial charge in [0.05, 0.1) is 17.1 Å². The lowest BCUT2D eigenvalue weighted by Crippen LogP contribution is -2.60. The molecule has 0 saturated carbocycles. The highest BCUT2D eigenvalue weighted by molar-refractivity contribution is 5.67. The maximum absolute atomic E-state index is 11.8. The van der Waals surface area contributed by atoms with Crippen LogP contribution < -0.4 is 10.1 Å². The van der Waals surface area contributed by atoms with Crippen LogP contribution in [0.25, 0.3) is 0 Å². The lowest BCUT2D eigenvalue weighted by molar-refractivity contribution is -0.384. The molecule has 1 N–H and O–H groups in total. The first-order valence-electron chi connectivity index (χ1n) is 10.6. The van der Waals surface area contributed by atoms with Crippen LogP contribution in [-0.2, 0) is 9.47 Å². The Labute approximate surface area is 182 Å². The number of ether oxygens (including phenoxy) is 3. The van der Waals surface area contributed by atoms with E-state index in [0.29, 0.717) is 18.9 Å². The smallest absolute Gasteiger partial charge is 0.407 e. The summed E-state index contributed by atoms with van der Waals surface area (Å²) in [6.45, 7) is 11.4. The zero-order chi connectivity index (χ0) is 22.4. The van der Waals surface area contributed by atoms with E-state index < -0.39 is 10.5 Å². The fourth-order valence-electron chi connectivity index (χ4n) is 3.81. The molecule has 2 atom stereocenters. The molecule has 2 aliphatic rings. The van der Waals surface area contributed by atoms with E-state index >= 15 is 0 Å². The molecule has 10 nitrogen and oxygen atoms in total. The molecule has 2 aliphatic heterocycles. The van der Waals surface area contributed by atoms with E-state index in [0.717, 1.165) is 39.3 Å². The van der Waals surface area contributed by atoms with Crippen LogP contribution in [0.2, 0.25) is 0 Å². The van der Waals surface area contributed by atoms with E-state index in [1.54, 1.807) is 12.1 Å². The average molecular weight is 437 g/mol. The summed E-state index contributed by atoms with van der Waals surface area (Å²) in [5.41, 5.74) is -0.440. The number of carbonyl (C=O) groups excluding carboxylic acids is 1. The molecule has 0 aliphatic carbocycles. The Hall–Kier alpha value is -2.43. The topological polar surface area (TPSA) is 106 Å². The number of non-ortho nitro benzene ring substituents is 1. The summed E-state index contributed by atoms with van der Waals surface area (Å²) in [4.78, 5) is 26.7. The van der Waals surface area contributed by atoms with Crippen LogP contribution in [0.4, 0.5) is 10.5 Å². The van der Waals surface area contributed by atoms with E-state index in [1.165, 1.54) is 12.1 Å². The van der Waals surface area contributed by atoms with Gasteiger partial charge in [-0.15, -0.1) is 0 Å². The van der Waals surface area contributed by atoms with Gasteiger partial charge in [-0.3, -0.25) is 19.9 Å². The number of hydrogen-bond acceptors (Lipinski definition) is 8. The van der Waals surface area contributed by atoms with Crippen molar-refractivity contribution in [2.75, 3.05) is 52.4 Å². The predicted octanol–water partition coefficient (Wildman–Crippen LogP) is 1.88. The average Bonchev–Trinajstić information content (AvgIpc) is 2.66. The van der Waals surface area contributed by atoms with Crippen LogP contribution in [-0.4, -0.2) is 91.0 Å². The van der Waals surface area contributed by atoms with Crippen LogP contribution in [0, 0.1) is 10.1 Å². The highest BCUT2D eigenvalue weighted by Crippen LogP contribution is 2.20. The van der Waals surface area contributed by atoms with Crippen LogP contribution in [0.1, 0.15) is 20.8 Å². The predicted molar refractivity (Wildman–Crippen MR) is 114 cm³/mol. The van der Waals surface area contributed by atoms with Gasteiger partial charge >= 0.3 is 6.09 Å². The van der Waals surface area contributed by atoms with Gasteiger partial charge in [0.25, 0.3) is 5.69 Å². The van der Waals surface area contributed by atoms with Gasteiger partial charge in [0, 0.05) is 57.9 Å². The molecule has 0 radical (unpaired) electrons. The fraction of sp³-hybridized carbons (Fsp3) is 0.667. The minimum atomic E-state index is -0.494. The molecule has 2 heterocycles. The van der Waals surface area contributed by atoms with Crippen molar-refractivity contribution in [1.82, 2.24) is 15.1 Å². The van der Waals surface area contributed by atoms with Crippen LogP contribution in [0.3, 0.4) is 0 Å². The van der Waals surface area contributed by atoms with Gasteiger partial charge in [0.1, 0.15) is 18.0 Å². The molecule has 0 aromatic heterocycles. The highest BCUT2D eigenvalue weighted by atomic mass is 16.6. The molecule has 0 spiro atoms. The van der Waals surface area contributed by atoms with Gasteiger partial charge in [0.2, 0.25) is 0 Å². The largest absolute Gasteiger partial charge is 0.492 e. The number of rotatable bonds is 8. The summed E-state index contributed by atoms with van der Waals surface area (Å²) < 4.78 is 17.1. The van der Waals surface area contributed by atoms with Gasteiger partial charge in [-0.1, -0.05) is 0 Å². The fourth-order valence-corrected chi connectivity index (χ4v) is 3.81. The summed E-state index contributed by atoms with van der Waals surface area (Å²) in [6, 6.07) is 6.13. The van der Waals surface area contributed by atoms with E-state index in [2.05, 4.69) is 15.1 Å². The second-order valence-corrected chi connectivity index (χ2v) is 8.93. The van der Waals surface area contributed by atoms with Gasteiger partial charge in [-0.2, -0.15) is 0 Å². The van der Waals surface area contributed by atoms with Gasteiger partial charge < -0.3 is 19.5 Å². The third-order valence-electron chi connectivity index (χ3n) is 5.05. The number of fused-ring (bicyclic) bond motifs is 2.